The first-order valence-corrected chi connectivity index (χ1v) is 9.60. The minimum Gasteiger partial charge on any atom is -0.491 e. The van der Waals surface area contributed by atoms with Gasteiger partial charge in [0.1, 0.15) is 12.4 Å². The first-order valence-electron chi connectivity index (χ1n) is 8.72. The number of nitrogens with zero attached hydrogens (tertiary/aromatic N) is 2. The van der Waals surface area contributed by atoms with Crippen LogP contribution in [0.2, 0.25) is 0 Å². The summed E-state index contributed by atoms with van der Waals surface area (Å²) in [4.78, 5) is 9.07. The number of aromatic nitrogens is 1. The van der Waals surface area contributed by atoms with Crippen LogP contribution in [0.1, 0.15) is 28.8 Å². The molecule has 7 heteroatoms. The summed E-state index contributed by atoms with van der Waals surface area (Å²) in [6.45, 7) is 11.1. The summed E-state index contributed by atoms with van der Waals surface area (Å²) in [6.07, 6.45) is 0.861. The van der Waals surface area contributed by atoms with E-state index in [0.29, 0.717) is 13.2 Å². The number of halogens is 1. The summed E-state index contributed by atoms with van der Waals surface area (Å²) in [5.74, 6) is 1.80. The van der Waals surface area contributed by atoms with E-state index in [-0.39, 0.29) is 24.0 Å². The average molecular weight is 488 g/mol. The molecule has 0 aliphatic carbocycles. The number of ether oxygens (including phenoxy) is 1. The summed E-state index contributed by atoms with van der Waals surface area (Å²) in [5.41, 5.74) is 3.44. The fourth-order valence-electron chi connectivity index (χ4n) is 2.50. The van der Waals surface area contributed by atoms with Crippen molar-refractivity contribution in [3.05, 3.63) is 45.4 Å². The van der Waals surface area contributed by atoms with Crippen LogP contribution in [-0.4, -0.2) is 37.2 Å². The molecule has 0 saturated heterocycles. The molecule has 0 aliphatic heterocycles. The first kappa shape index (κ1) is 22.7. The van der Waals surface area contributed by atoms with Crippen molar-refractivity contribution in [1.29, 1.82) is 0 Å². The molecule has 2 aromatic rings. The van der Waals surface area contributed by atoms with Gasteiger partial charge in [-0.1, -0.05) is 18.2 Å². The minimum absolute atomic E-state index is 0. The lowest BCUT2D eigenvalue weighted by atomic mass is 10.1. The van der Waals surface area contributed by atoms with E-state index in [0.717, 1.165) is 41.9 Å². The van der Waals surface area contributed by atoms with Gasteiger partial charge >= 0.3 is 0 Å². The Bertz CT molecular complexity index is 682. The Kier molecular flexibility index (Phi) is 10.6. The van der Waals surface area contributed by atoms with Gasteiger partial charge in [-0.05, 0) is 38.8 Å². The Balaban J connectivity index is 0.00000338. The van der Waals surface area contributed by atoms with Gasteiger partial charge < -0.3 is 15.4 Å². The number of nitrogens with one attached hydrogen (secondary N) is 2. The van der Waals surface area contributed by atoms with Crippen LogP contribution in [0.3, 0.4) is 0 Å². The second-order valence-electron chi connectivity index (χ2n) is 5.86. The van der Waals surface area contributed by atoms with E-state index in [1.165, 1.54) is 11.1 Å². The number of para-hydroxylation sites is 1. The zero-order chi connectivity index (χ0) is 18.1. The molecule has 1 aromatic carbocycles. The molecule has 26 heavy (non-hydrogen) atoms. The van der Waals surface area contributed by atoms with Crippen LogP contribution in [0.25, 0.3) is 0 Å². The third-order valence-corrected chi connectivity index (χ3v) is 4.52. The van der Waals surface area contributed by atoms with Crippen molar-refractivity contribution in [2.45, 2.75) is 34.1 Å². The maximum absolute atomic E-state index is 5.92. The SMILES string of the molecule is CCNC(=NCCc1csc(C)n1)NCCOc1c(C)cccc1C.I. The number of aryl methyl sites for hydroxylation is 3. The number of benzene rings is 1. The maximum atomic E-state index is 5.92. The molecule has 1 aromatic heterocycles. The van der Waals surface area contributed by atoms with Gasteiger partial charge in [-0.2, -0.15) is 0 Å². The summed E-state index contributed by atoms with van der Waals surface area (Å²) in [6, 6.07) is 6.19. The summed E-state index contributed by atoms with van der Waals surface area (Å²) >= 11 is 1.68. The second-order valence-corrected chi connectivity index (χ2v) is 6.93. The molecule has 0 unspecified atom stereocenters. The van der Waals surface area contributed by atoms with E-state index in [9.17, 15) is 0 Å². The first-order chi connectivity index (χ1) is 12.1. The van der Waals surface area contributed by atoms with Crippen molar-refractivity contribution < 1.29 is 4.74 Å². The number of guanidine groups is 1. The molecule has 2 N–H and O–H groups in total. The Morgan fingerprint density at radius 2 is 1.92 bits per heavy atom. The molecule has 0 saturated carbocycles. The van der Waals surface area contributed by atoms with Crippen LogP contribution >= 0.6 is 35.3 Å². The van der Waals surface area contributed by atoms with Crippen molar-refractivity contribution in [3.8, 4) is 5.75 Å². The predicted molar refractivity (Wildman–Crippen MR) is 121 cm³/mol. The van der Waals surface area contributed by atoms with Gasteiger partial charge in [-0.15, -0.1) is 35.3 Å². The highest BCUT2D eigenvalue weighted by atomic mass is 127. The van der Waals surface area contributed by atoms with Gasteiger partial charge in [0.05, 0.1) is 17.2 Å². The van der Waals surface area contributed by atoms with Gasteiger partial charge in [0.2, 0.25) is 0 Å². The Hall–Kier alpha value is -1.35. The zero-order valence-electron chi connectivity index (χ0n) is 16.0. The number of aliphatic imine (C=N–C) groups is 1. The highest BCUT2D eigenvalue weighted by Gasteiger charge is 2.03. The molecule has 1 heterocycles. The smallest absolute Gasteiger partial charge is 0.191 e. The van der Waals surface area contributed by atoms with Gasteiger partial charge in [-0.25, -0.2) is 4.98 Å². The van der Waals surface area contributed by atoms with Gasteiger partial charge in [0, 0.05) is 24.9 Å². The van der Waals surface area contributed by atoms with E-state index in [1.54, 1.807) is 11.3 Å². The fraction of sp³-hybridized carbons (Fsp3) is 0.474. The quantitative estimate of drug-likeness (QED) is 0.257. The number of thiazole rings is 1. The highest BCUT2D eigenvalue weighted by Crippen LogP contribution is 2.21. The lowest BCUT2D eigenvalue weighted by Gasteiger charge is -2.14. The molecule has 0 radical (unpaired) electrons. The largest absolute Gasteiger partial charge is 0.491 e. The van der Waals surface area contributed by atoms with Gasteiger partial charge in [0.15, 0.2) is 5.96 Å². The Morgan fingerprint density at radius 3 is 2.54 bits per heavy atom. The molecule has 0 atom stereocenters. The summed E-state index contributed by atoms with van der Waals surface area (Å²) < 4.78 is 5.92. The predicted octanol–water partition coefficient (Wildman–Crippen LogP) is 3.86. The molecule has 0 aliphatic rings. The standard InChI is InChI=1S/C19H28N4OS.HI/c1-5-20-19(21-10-9-17-13-25-16(4)23-17)22-11-12-24-18-14(2)7-6-8-15(18)3;/h6-8,13H,5,9-12H2,1-4H3,(H2,20,21,22);1H. The van der Waals surface area contributed by atoms with Crippen LogP contribution < -0.4 is 15.4 Å². The van der Waals surface area contributed by atoms with Crippen LogP contribution in [0.5, 0.6) is 5.75 Å². The van der Waals surface area contributed by atoms with Crippen LogP contribution in [0.4, 0.5) is 0 Å². The molecular formula is C19H29IN4OS. The van der Waals surface area contributed by atoms with E-state index in [1.807, 2.05) is 6.92 Å². The summed E-state index contributed by atoms with van der Waals surface area (Å²) in [7, 11) is 0. The monoisotopic (exact) mass is 488 g/mol. The van der Waals surface area contributed by atoms with Gasteiger partial charge in [-0.3, -0.25) is 4.99 Å². The van der Waals surface area contributed by atoms with Crippen LogP contribution in [-0.2, 0) is 6.42 Å². The molecule has 0 amide bonds. The third-order valence-electron chi connectivity index (χ3n) is 3.70. The van der Waals surface area contributed by atoms with E-state index in [2.05, 4.69) is 65.0 Å². The molecule has 0 bridgehead atoms. The molecule has 0 spiro atoms. The van der Waals surface area contributed by atoms with E-state index in [4.69, 9.17) is 4.74 Å². The fourth-order valence-corrected chi connectivity index (χ4v) is 3.14. The third kappa shape index (κ3) is 7.49. The highest BCUT2D eigenvalue weighted by molar-refractivity contribution is 14.0. The van der Waals surface area contributed by atoms with E-state index >= 15 is 0 Å². The molecular weight excluding hydrogens is 459 g/mol. The van der Waals surface area contributed by atoms with Crippen LogP contribution in [0, 0.1) is 20.8 Å². The molecule has 0 fully saturated rings. The normalized spacial score (nSPS) is 11.0. The number of hydrogen-bond donors (Lipinski definition) is 2. The number of hydrogen-bond acceptors (Lipinski definition) is 4. The lowest BCUT2D eigenvalue weighted by Crippen LogP contribution is -2.39. The number of rotatable bonds is 8. The Morgan fingerprint density at radius 1 is 1.19 bits per heavy atom. The molecule has 2 rings (SSSR count). The van der Waals surface area contributed by atoms with Crippen molar-refractivity contribution >= 4 is 41.3 Å². The topological polar surface area (TPSA) is 58.5 Å². The maximum Gasteiger partial charge on any atom is 0.191 e. The van der Waals surface area contributed by atoms with Crippen molar-refractivity contribution in [1.82, 2.24) is 15.6 Å². The Labute approximate surface area is 177 Å². The average Bonchev–Trinajstić information content (AvgIpc) is 2.99. The van der Waals surface area contributed by atoms with Crippen molar-refractivity contribution in [2.75, 3.05) is 26.2 Å². The van der Waals surface area contributed by atoms with Crippen molar-refractivity contribution in [2.24, 2.45) is 4.99 Å². The van der Waals surface area contributed by atoms with E-state index < -0.39 is 0 Å². The molecule has 144 valence electrons. The van der Waals surface area contributed by atoms with Gasteiger partial charge in [0.25, 0.3) is 0 Å². The van der Waals surface area contributed by atoms with Crippen molar-refractivity contribution in [3.63, 3.8) is 0 Å². The van der Waals surface area contributed by atoms with Crippen LogP contribution in [0.15, 0.2) is 28.6 Å². The second kappa shape index (κ2) is 12.1. The minimum atomic E-state index is 0. The summed E-state index contributed by atoms with van der Waals surface area (Å²) in [5, 5.41) is 9.78. The molecule has 5 nitrogen and oxygen atoms in total. The lowest BCUT2D eigenvalue weighted by molar-refractivity contribution is 0.317. The zero-order valence-corrected chi connectivity index (χ0v) is 19.1.